The predicted octanol–water partition coefficient (Wildman–Crippen LogP) is -3.11. The van der Waals surface area contributed by atoms with Crippen LogP contribution in [0, 0.1) is 0 Å². The lowest BCUT2D eigenvalue weighted by Gasteiger charge is -2.46. The maximum Gasteiger partial charge on any atom is 0.303 e. The summed E-state index contributed by atoms with van der Waals surface area (Å²) in [5.41, 5.74) is 0. The second-order valence-electron chi connectivity index (χ2n) is 7.90. The predicted molar refractivity (Wildman–Crippen MR) is 107 cm³/mol. The van der Waals surface area contributed by atoms with Crippen LogP contribution in [0.4, 0.5) is 0 Å². The third-order valence-corrected chi connectivity index (χ3v) is 5.06. The molecule has 2 heterocycles. The number of hydrogen-bond acceptors (Lipinski definition) is 15. The summed E-state index contributed by atoms with van der Waals surface area (Å²) in [7, 11) is 0. The second kappa shape index (κ2) is 12.5. The Morgan fingerprint density at radius 1 is 0.657 bits per heavy atom. The normalized spacial score (nSPS) is 37.1. The van der Waals surface area contributed by atoms with Crippen molar-refractivity contribution in [3.63, 3.8) is 0 Å². The smallest absolute Gasteiger partial charge is 0.303 e. The monoisotopic (exact) mass is 510 g/mol. The van der Waals surface area contributed by atoms with E-state index in [4.69, 9.17) is 33.2 Å². The van der Waals surface area contributed by atoms with Crippen molar-refractivity contribution < 1.29 is 72.8 Å². The third kappa shape index (κ3) is 7.54. The number of ether oxygens (including phenoxy) is 7. The van der Waals surface area contributed by atoms with Crippen LogP contribution >= 0.6 is 0 Å². The molecule has 15 nitrogen and oxygen atoms in total. The minimum atomic E-state index is -1.85. The molecule has 0 saturated carbocycles. The second-order valence-corrected chi connectivity index (χ2v) is 7.90. The Morgan fingerprint density at radius 3 is 1.69 bits per heavy atom. The zero-order chi connectivity index (χ0) is 26.4. The molecule has 15 heteroatoms. The fraction of sp³-hybridized carbons (Fsp3) is 0.800. The van der Waals surface area contributed by atoms with E-state index in [9.17, 15) is 39.6 Å². The average molecular weight is 510 g/mol. The van der Waals surface area contributed by atoms with Gasteiger partial charge in [0.25, 0.3) is 0 Å². The summed E-state index contributed by atoms with van der Waals surface area (Å²) in [5, 5.41) is 39.7. The molecule has 0 amide bonds. The van der Waals surface area contributed by atoms with Crippen molar-refractivity contribution >= 4 is 23.9 Å². The van der Waals surface area contributed by atoms with Gasteiger partial charge >= 0.3 is 23.9 Å². The van der Waals surface area contributed by atoms with Crippen LogP contribution in [0.15, 0.2) is 0 Å². The molecule has 2 aliphatic heterocycles. The summed E-state index contributed by atoms with van der Waals surface area (Å²) >= 11 is 0. The molecule has 0 aromatic carbocycles. The average Bonchev–Trinajstić information content (AvgIpc) is 2.75. The van der Waals surface area contributed by atoms with Crippen molar-refractivity contribution in [1.29, 1.82) is 0 Å². The van der Waals surface area contributed by atoms with Gasteiger partial charge in [-0.05, 0) is 0 Å². The summed E-state index contributed by atoms with van der Waals surface area (Å²) in [6.07, 6.45) is -15.9. The van der Waals surface area contributed by atoms with Gasteiger partial charge in [-0.3, -0.25) is 19.2 Å². The van der Waals surface area contributed by atoms with E-state index in [2.05, 4.69) is 0 Å². The van der Waals surface area contributed by atoms with Crippen molar-refractivity contribution in [3.8, 4) is 0 Å². The van der Waals surface area contributed by atoms with Gasteiger partial charge in [-0.1, -0.05) is 0 Å². The Morgan fingerprint density at radius 2 is 1.17 bits per heavy atom. The molecular weight excluding hydrogens is 480 g/mol. The fourth-order valence-corrected chi connectivity index (χ4v) is 3.61. The fourth-order valence-electron chi connectivity index (χ4n) is 3.61. The molecule has 0 aliphatic carbocycles. The lowest BCUT2D eigenvalue weighted by molar-refractivity contribution is -0.377. The number of esters is 4. The summed E-state index contributed by atoms with van der Waals surface area (Å²) < 4.78 is 37.2. The zero-order valence-electron chi connectivity index (χ0n) is 19.5. The molecule has 2 rings (SSSR count). The van der Waals surface area contributed by atoms with E-state index in [-0.39, 0.29) is 0 Å². The lowest BCUT2D eigenvalue weighted by atomic mass is 9.97. The van der Waals surface area contributed by atoms with Gasteiger partial charge < -0.3 is 53.6 Å². The van der Waals surface area contributed by atoms with Gasteiger partial charge in [0.2, 0.25) is 6.29 Å². The molecule has 0 radical (unpaired) electrons. The number of rotatable bonds is 8. The van der Waals surface area contributed by atoms with Gasteiger partial charge in [0.05, 0.1) is 6.61 Å². The first-order valence-electron chi connectivity index (χ1n) is 10.6. The van der Waals surface area contributed by atoms with Crippen LogP contribution in [-0.2, 0) is 52.3 Å². The molecule has 2 aliphatic rings. The Bertz CT molecular complexity index is 770. The Balaban J connectivity index is 2.43. The summed E-state index contributed by atoms with van der Waals surface area (Å²) in [4.78, 5) is 46.8. The van der Waals surface area contributed by atoms with Crippen LogP contribution in [0.3, 0.4) is 0 Å². The van der Waals surface area contributed by atoms with E-state index in [1.54, 1.807) is 0 Å². The third-order valence-electron chi connectivity index (χ3n) is 5.06. The lowest BCUT2D eigenvalue weighted by Crippen LogP contribution is -2.65. The van der Waals surface area contributed by atoms with Gasteiger partial charge in [-0.15, -0.1) is 0 Å². The highest BCUT2D eigenvalue weighted by atomic mass is 16.8. The molecule has 0 spiro atoms. The van der Waals surface area contributed by atoms with E-state index in [1.165, 1.54) is 0 Å². The van der Waals surface area contributed by atoms with Crippen LogP contribution in [0.5, 0.6) is 0 Å². The van der Waals surface area contributed by atoms with Gasteiger partial charge in [0.15, 0.2) is 24.6 Å². The van der Waals surface area contributed by atoms with Gasteiger partial charge in [0.1, 0.15) is 37.1 Å². The minimum Gasteiger partial charge on any atom is -0.463 e. The minimum absolute atomic E-state index is 0.508. The number of carbonyl (C=O) groups excluding carboxylic acids is 4. The maximum atomic E-state index is 11.8. The van der Waals surface area contributed by atoms with Crippen molar-refractivity contribution in [3.05, 3.63) is 0 Å². The van der Waals surface area contributed by atoms with Crippen LogP contribution in [0.1, 0.15) is 27.7 Å². The molecule has 2 saturated heterocycles. The summed E-state index contributed by atoms with van der Waals surface area (Å²) in [6.45, 7) is 2.98. The molecule has 2 fully saturated rings. The van der Waals surface area contributed by atoms with Gasteiger partial charge in [0, 0.05) is 27.7 Å². The van der Waals surface area contributed by atoms with E-state index in [0.717, 1.165) is 27.7 Å². The molecule has 200 valence electrons. The summed E-state index contributed by atoms with van der Waals surface area (Å²) in [6, 6.07) is 0. The SMILES string of the molecule is CC(=O)OCC1OC(OC2OC(CO)C(O)C(O)C2O)C(OC(C)=O)C(OC(C)=O)C1OC(C)=O. The summed E-state index contributed by atoms with van der Waals surface area (Å²) in [5.74, 6) is -3.27. The number of aliphatic hydroxyl groups is 4. The first-order valence-corrected chi connectivity index (χ1v) is 10.6. The topological polar surface area (TPSA) is 214 Å². The molecule has 10 atom stereocenters. The van der Waals surface area contributed by atoms with E-state index < -0.39 is 98.5 Å². The standard InChI is InChI=1S/C20H30O15/c1-7(22)29-6-12-16(30-8(2)23)17(31-9(3)24)18(32-10(4)25)20(34-12)35-19-15(28)14(27)13(26)11(5-21)33-19/h11-21,26-28H,5-6H2,1-4H3. The Labute approximate surface area is 199 Å². The highest BCUT2D eigenvalue weighted by molar-refractivity contribution is 5.68. The Hall–Kier alpha value is -2.40. The largest absolute Gasteiger partial charge is 0.463 e. The van der Waals surface area contributed by atoms with Crippen LogP contribution < -0.4 is 0 Å². The van der Waals surface area contributed by atoms with Crippen LogP contribution in [0.2, 0.25) is 0 Å². The van der Waals surface area contributed by atoms with Crippen LogP contribution in [-0.4, -0.2) is 119 Å². The molecule has 10 unspecified atom stereocenters. The quantitative estimate of drug-likeness (QED) is 0.188. The molecule has 0 aromatic rings. The van der Waals surface area contributed by atoms with Crippen molar-refractivity contribution in [2.45, 2.75) is 89.1 Å². The zero-order valence-corrected chi connectivity index (χ0v) is 19.5. The molecule has 0 aromatic heterocycles. The first-order chi connectivity index (χ1) is 16.3. The van der Waals surface area contributed by atoms with Crippen LogP contribution in [0.25, 0.3) is 0 Å². The van der Waals surface area contributed by atoms with Gasteiger partial charge in [-0.2, -0.15) is 0 Å². The Kier molecular flexibility index (Phi) is 10.3. The highest BCUT2D eigenvalue weighted by Crippen LogP contribution is 2.32. The van der Waals surface area contributed by atoms with E-state index in [0.29, 0.717) is 0 Å². The molecule has 0 bridgehead atoms. The number of carbonyl (C=O) groups is 4. The number of aliphatic hydroxyl groups excluding tert-OH is 4. The van der Waals surface area contributed by atoms with Crippen molar-refractivity contribution in [1.82, 2.24) is 0 Å². The molecular formula is C20H30O15. The maximum absolute atomic E-state index is 11.8. The van der Waals surface area contributed by atoms with Gasteiger partial charge in [-0.25, -0.2) is 0 Å². The van der Waals surface area contributed by atoms with Crippen molar-refractivity contribution in [2.24, 2.45) is 0 Å². The number of hydrogen-bond donors (Lipinski definition) is 4. The van der Waals surface area contributed by atoms with E-state index >= 15 is 0 Å². The van der Waals surface area contributed by atoms with Crippen molar-refractivity contribution in [2.75, 3.05) is 13.2 Å². The molecule has 35 heavy (non-hydrogen) atoms. The van der Waals surface area contributed by atoms with E-state index in [1.807, 2.05) is 0 Å². The first kappa shape index (κ1) is 28.8. The highest BCUT2D eigenvalue weighted by Gasteiger charge is 2.55. The molecule has 4 N–H and O–H groups in total.